The van der Waals surface area contributed by atoms with Gasteiger partial charge in [-0.2, -0.15) is 5.26 Å². The maximum atomic E-state index is 12.4. The van der Waals surface area contributed by atoms with Crippen molar-refractivity contribution < 1.29 is 9.21 Å². The lowest BCUT2D eigenvalue weighted by Crippen LogP contribution is -2.02. The van der Waals surface area contributed by atoms with Crippen LogP contribution in [0.1, 0.15) is 22.3 Å². The first-order valence-corrected chi connectivity index (χ1v) is 9.90. The molecule has 0 bridgehead atoms. The molecule has 0 aliphatic carbocycles. The maximum absolute atomic E-state index is 12.4. The van der Waals surface area contributed by atoms with Crippen LogP contribution in [0.15, 0.2) is 75.4 Å². The van der Waals surface area contributed by atoms with Crippen LogP contribution in [0.25, 0.3) is 27.8 Å². The van der Waals surface area contributed by atoms with E-state index in [1.165, 1.54) is 24.5 Å². The molecule has 30 heavy (non-hydrogen) atoms. The number of nitrogens with zero attached hydrogens (tertiary/aromatic N) is 2. The highest BCUT2D eigenvalue weighted by Crippen LogP contribution is 2.26. The van der Waals surface area contributed by atoms with Gasteiger partial charge in [-0.15, -0.1) is 11.3 Å². The van der Waals surface area contributed by atoms with Crippen LogP contribution in [-0.4, -0.2) is 10.8 Å². The standard InChI is InChI=1S/C23H15N3O3S/c1-14(27)15-6-4-7-18(9-15)25-12-17(11-24)22-26-20(13-30-22)19-10-16-5-2-3-8-21(16)29-23(19)28/h2-10,12-13,25H,1H3. The zero-order chi connectivity index (χ0) is 21.1. The zero-order valence-electron chi connectivity index (χ0n) is 15.9. The Kier molecular flexibility index (Phi) is 5.24. The molecular weight excluding hydrogens is 398 g/mol. The molecule has 2 aromatic heterocycles. The Morgan fingerprint density at radius 3 is 2.83 bits per heavy atom. The third-order valence-electron chi connectivity index (χ3n) is 4.42. The molecule has 6 nitrogen and oxygen atoms in total. The number of nitrogens with one attached hydrogen (secondary N) is 1. The highest BCUT2D eigenvalue weighted by Gasteiger charge is 2.13. The van der Waals surface area contributed by atoms with E-state index >= 15 is 0 Å². The van der Waals surface area contributed by atoms with Gasteiger partial charge in [0.2, 0.25) is 0 Å². The largest absolute Gasteiger partial charge is 0.422 e. The Morgan fingerprint density at radius 1 is 1.20 bits per heavy atom. The number of thiazole rings is 1. The molecule has 4 rings (SSSR count). The summed E-state index contributed by atoms with van der Waals surface area (Å²) < 4.78 is 5.37. The van der Waals surface area contributed by atoms with Crippen LogP contribution in [0.2, 0.25) is 0 Å². The molecule has 0 saturated carbocycles. The van der Waals surface area contributed by atoms with E-state index in [-0.39, 0.29) is 5.78 Å². The summed E-state index contributed by atoms with van der Waals surface area (Å²) in [6, 6.07) is 18.1. The van der Waals surface area contributed by atoms with Crippen LogP contribution in [0.3, 0.4) is 0 Å². The minimum absolute atomic E-state index is 0.0399. The SMILES string of the molecule is CC(=O)c1cccc(NC=C(C#N)c2nc(-c3cc4ccccc4oc3=O)cs2)c1. The highest BCUT2D eigenvalue weighted by molar-refractivity contribution is 7.11. The van der Waals surface area contributed by atoms with Crippen LogP contribution in [0, 0.1) is 11.3 Å². The number of rotatable bonds is 5. The monoisotopic (exact) mass is 413 g/mol. The van der Waals surface area contributed by atoms with Gasteiger partial charge in [-0.1, -0.05) is 30.3 Å². The van der Waals surface area contributed by atoms with E-state index < -0.39 is 5.63 Å². The van der Waals surface area contributed by atoms with Gasteiger partial charge < -0.3 is 9.73 Å². The second-order valence-electron chi connectivity index (χ2n) is 6.47. The molecule has 0 radical (unpaired) electrons. The van der Waals surface area contributed by atoms with Gasteiger partial charge >= 0.3 is 5.63 Å². The van der Waals surface area contributed by atoms with E-state index in [9.17, 15) is 14.9 Å². The van der Waals surface area contributed by atoms with E-state index in [0.29, 0.717) is 38.7 Å². The number of para-hydroxylation sites is 1. The summed E-state index contributed by atoms with van der Waals surface area (Å²) >= 11 is 1.26. The van der Waals surface area contributed by atoms with Gasteiger partial charge in [-0.3, -0.25) is 4.79 Å². The molecule has 0 amide bonds. The zero-order valence-corrected chi connectivity index (χ0v) is 16.7. The Hall–Kier alpha value is -4.02. The molecule has 2 heterocycles. The first-order chi connectivity index (χ1) is 14.5. The Balaban J connectivity index is 1.64. The van der Waals surface area contributed by atoms with Crippen LogP contribution in [0.5, 0.6) is 0 Å². The lowest BCUT2D eigenvalue weighted by molar-refractivity contribution is 0.101. The van der Waals surface area contributed by atoms with E-state index in [1.54, 1.807) is 47.8 Å². The lowest BCUT2D eigenvalue weighted by atomic mass is 10.1. The summed E-state index contributed by atoms with van der Waals surface area (Å²) in [6.45, 7) is 1.50. The van der Waals surface area contributed by atoms with Crippen molar-refractivity contribution in [2.45, 2.75) is 6.92 Å². The van der Waals surface area contributed by atoms with Crippen molar-refractivity contribution in [3.8, 4) is 17.3 Å². The van der Waals surface area contributed by atoms with Gasteiger partial charge in [0, 0.05) is 28.2 Å². The summed E-state index contributed by atoms with van der Waals surface area (Å²) in [5.74, 6) is -0.0399. The summed E-state index contributed by atoms with van der Waals surface area (Å²) in [5, 5.41) is 15.6. The first kappa shape index (κ1) is 19.3. The van der Waals surface area contributed by atoms with Crippen molar-refractivity contribution in [2.24, 2.45) is 0 Å². The molecule has 0 aliphatic rings. The maximum Gasteiger partial charge on any atom is 0.345 e. The number of anilines is 1. The number of fused-ring (bicyclic) bond motifs is 1. The number of aromatic nitrogens is 1. The molecule has 0 fully saturated rings. The van der Waals surface area contributed by atoms with Crippen molar-refractivity contribution in [3.63, 3.8) is 0 Å². The normalized spacial score (nSPS) is 11.3. The summed E-state index contributed by atoms with van der Waals surface area (Å²) in [5.41, 5.74) is 2.40. The summed E-state index contributed by atoms with van der Waals surface area (Å²) in [6.07, 6.45) is 1.53. The highest BCUT2D eigenvalue weighted by atomic mass is 32.1. The van der Waals surface area contributed by atoms with Crippen molar-refractivity contribution >= 4 is 39.3 Å². The van der Waals surface area contributed by atoms with Gasteiger partial charge in [-0.05, 0) is 31.2 Å². The molecule has 146 valence electrons. The first-order valence-electron chi connectivity index (χ1n) is 9.02. The smallest absolute Gasteiger partial charge is 0.345 e. The van der Waals surface area contributed by atoms with Gasteiger partial charge in [0.25, 0.3) is 0 Å². The van der Waals surface area contributed by atoms with E-state index in [2.05, 4.69) is 16.4 Å². The molecule has 2 aromatic carbocycles. The van der Waals surface area contributed by atoms with Crippen molar-refractivity contribution in [1.82, 2.24) is 4.98 Å². The number of carbonyl (C=O) groups excluding carboxylic acids is 1. The molecule has 0 spiro atoms. The number of hydrogen-bond donors (Lipinski definition) is 1. The Morgan fingerprint density at radius 2 is 2.03 bits per heavy atom. The average molecular weight is 413 g/mol. The van der Waals surface area contributed by atoms with Gasteiger partial charge in [-0.25, -0.2) is 9.78 Å². The molecule has 0 unspecified atom stereocenters. The van der Waals surface area contributed by atoms with E-state index in [1.807, 2.05) is 12.1 Å². The van der Waals surface area contributed by atoms with Gasteiger partial charge in [0.05, 0.1) is 11.3 Å². The van der Waals surface area contributed by atoms with E-state index in [4.69, 9.17) is 4.42 Å². The second kappa shape index (κ2) is 8.15. The van der Waals surface area contributed by atoms with Crippen LogP contribution in [0.4, 0.5) is 5.69 Å². The molecule has 0 atom stereocenters. The topological polar surface area (TPSA) is 96.0 Å². The number of allylic oxidation sites excluding steroid dienone is 1. The fourth-order valence-electron chi connectivity index (χ4n) is 2.89. The quantitative estimate of drug-likeness (QED) is 0.278. The fraction of sp³-hybridized carbons (Fsp3) is 0.0435. The number of ketones is 1. The summed E-state index contributed by atoms with van der Waals surface area (Å²) in [7, 11) is 0. The number of Topliss-reactive ketones (excluding diaryl/α,β-unsaturated/α-hetero) is 1. The van der Waals surface area contributed by atoms with Crippen molar-refractivity contribution in [1.29, 1.82) is 5.26 Å². The van der Waals surface area contributed by atoms with Gasteiger partial charge in [0.15, 0.2) is 5.78 Å². The third-order valence-corrected chi connectivity index (χ3v) is 5.30. The Bertz CT molecular complexity index is 1390. The molecule has 7 heteroatoms. The number of nitriles is 1. The van der Waals surface area contributed by atoms with Crippen molar-refractivity contribution in [2.75, 3.05) is 5.32 Å². The van der Waals surface area contributed by atoms with Crippen LogP contribution >= 0.6 is 11.3 Å². The lowest BCUT2D eigenvalue weighted by Gasteiger charge is -2.03. The predicted octanol–water partition coefficient (Wildman–Crippen LogP) is 5.10. The van der Waals surface area contributed by atoms with Gasteiger partial charge in [0.1, 0.15) is 22.2 Å². The molecule has 1 N–H and O–H groups in total. The second-order valence-corrected chi connectivity index (χ2v) is 7.33. The number of benzene rings is 2. The van der Waals surface area contributed by atoms with E-state index in [0.717, 1.165) is 5.39 Å². The fourth-order valence-corrected chi connectivity index (χ4v) is 3.67. The number of carbonyl (C=O) groups is 1. The minimum atomic E-state index is -0.479. The Labute approximate surface area is 175 Å². The molecule has 0 saturated heterocycles. The third kappa shape index (κ3) is 3.90. The molecular formula is C23H15N3O3S. The van der Waals surface area contributed by atoms with Crippen LogP contribution in [-0.2, 0) is 0 Å². The predicted molar refractivity (Wildman–Crippen MR) is 117 cm³/mol. The number of hydrogen-bond acceptors (Lipinski definition) is 7. The van der Waals surface area contributed by atoms with Crippen LogP contribution < -0.4 is 10.9 Å². The average Bonchev–Trinajstić information content (AvgIpc) is 3.23. The van der Waals surface area contributed by atoms with Crippen molar-refractivity contribution in [3.05, 3.63) is 87.2 Å². The molecule has 4 aromatic rings. The summed E-state index contributed by atoms with van der Waals surface area (Å²) in [4.78, 5) is 28.3. The minimum Gasteiger partial charge on any atom is -0.422 e. The molecule has 0 aliphatic heterocycles.